The van der Waals surface area contributed by atoms with Gasteiger partial charge in [-0.15, -0.1) is 0 Å². The second-order valence-electron chi connectivity index (χ2n) is 7.91. The van der Waals surface area contributed by atoms with Crippen LogP contribution in [0.4, 0.5) is 0 Å². The van der Waals surface area contributed by atoms with E-state index in [1.54, 1.807) is 0 Å². The van der Waals surface area contributed by atoms with Crippen LogP contribution in [0.25, 0.3) is 22.2 Å². The fourth-order valence-electron chi connectivity index (χ4n) is 4.14. The molecule has 2 heterocycles. The molecule has 6 nitrogen and oxygen atoms in total. The molecule has 1 aliphatic rings. The van der Waals surface area contributed by atoms with Gasteiger partial charge in [0.1, 0.15) is 11.8 Å². The van der Waals surface area contributed by atoms with E-state index in [1.165, 1.54) is 0 Å². The van der Waals surface area contributed by atoms with Crippen molar-refractivity contribution < 1.29 is 14.3 Å². The molecule has 0 saturated carbocycles. The summed E-state index contributed by atoms with van der Waals surface area (Å²) in [6.45, 7) is 9.16. The number of carbonyl (C=O) groups is 1. The Morgan fingerprint density at radius 3 is 2.48 bits per heavy atom. The Bertz CT molecular complexity index is 1130. The maximum absolute atomic E-state index is 12.8. The predicted octanol–water partition coefficient (Wildman–Crippen LogP) is 4.46. The lowest BCUT2D eigenvalue weighted by Gasteiger charge is -2.26. The third kappa shape index (κ3) is 4.01. The molecule has 3 aromatic rings. The van der Waals surface area contributed by atoms with Gasteiger partial charge < -0.3 is 18.9 Å². The first-order chi connectivity index (χ1) is 15.0. The largest absolute Gasteiger partial charge is 0.491 e. The number of amides is 1. The zero-order chi connectivity index (χ0) is 22.0. The molecular formula is C25H27N3O3. The lowest BCUT2D eigenvalue weighted by atomic mass is 10.0. The Balaban J connectivity index is 1.74. The highest BCUT2D eigenvalue weighted by atomic mass is 16.5. The third-order valence-corrected chi connectivity index (χ3v) is 5.54. The van der Waals surface area contributed by atoms with E-state index >= 15 is 0 Å². The number of fused-ring (bicyclic) bond motifs is 1. The molecule has 160 valence electrons. The first-order valence-corrected chi connectivity index (χ1v) is 10.7. The molecule has 1 aromatic heterocycles. The molecule has 1 fully saturated rings. The van der Waals surface area contributed by atoms with Crippen molar-refractivity contribution in [2.75, 3.05) is 26.3 Å². The van der Waals surface area contributed by atoms with Gasteiger partial charge >= 0.3 is 0 Å². The van der Waals surface area contributed by atoms with E-state index in [4.69, 9.17) is 9.47 Å². The van der Waals surface area contributed by atoms with Crippen LogP contribution in [0.1, 0.15) is 36.7 Å². The van der Waals surface area contributed by atoms with Gasteiger partial charge in [0, 0.05) is 36.7 Å². The van der Waals surface area contributed by atoms with E-state index in [1.807, 2.05) is 61.2 Å². The van der Waals surface area contributed by atoms with Crippen LogP contribution in [0.2, 0.25) is 0 Å². The number of hydrogen-bond acceptors (Lipinski definition) is 4. The lowest BCUT2D eigenvalue weighted by Crippen LogP contribution is -2.40. The zero-order valence-electron chi connectivity index (χ0n) is 18.2. The number of morpholine rings is 1. The summed E-state index contributed by atoms with van der Waals surface area (Å²) in [5, 5.41) is 10.9. The second-order valence-corrected chi connectivity index (χ2v) is 7.91. The molecule has 1 saturated heterocycles. The summed E-state index contributed by atoms with van der Waals surface area (Å²) in [6, 6.07) is 15.8. The molecule has 31 heavy (non-hydrogen) atoms. The fraction of sp³-hybridized carbons (Fsp3) is 0.360. The molecule has 2 aromatic carbocycles. The van der Waals surface area contributed by atoms with Crippen molar-refractivity contribution in [2.45, 2.75) is 33.4 Å². The Labute approximate surface area is 182 Å². The first-order valence-electron chi connectivity index (χ1n) is 10.7. The van der Waals surface area contributed by atoms with Gasteiger partial charge in [-0.25, -0.2) is 0 Å². The molecule has 0 unspecified atom stereocenters. The van der Waals surface area contributed by atoms with E-state index in [-0.39, 0.29) is 12.0 Å². The minimum atomic E-state index is 0.0156. The fourth-order valence-corrected chi connectivity index (χ4v) is 4.14. The predicted molar refractivity (Wildman–Crippen MR) is 120 cm³/mol. The van der Waals surface area contributed by atoms with Crippen molar-refractivity contribution in [2.24, 2.45) is 0 Å². The average molecular weight is 418 g/mol. The van der Waals surface area contributed by atoms with Gasteiger partial charge in [-0.05, 0) is 50.6 Å². The SMILES string of the molecule is CCn1c(-c2ccc(C(=O)N3CCOCC3)cc2)c(C#N)c2ccc(OC(C)C)cc21. The molecule has 0 bridgehead atoms. The summed E-state index contributed by atoms with van der Waals surface area (Å²) >= 11 is 0. The number of aryl methyl sites for hydroxylation is 1. The Hall–Kier alpha value is -3.30. The Morgan fingerprint density at radius 1 is 1.16 bits per heavy atom. The summed E-state index contributed by atoms with van der Waals surface area (Å²) in [7, 11) is 0. The molecule has 0 spiro atoms. The van der Waals surface area contributed by atoms with Crippen molar-refractivity contribution in [3.63, 3.8) is 0 Å². The number of ether oxygens (including phenoxy) is 2. The van der Waals surface area contributed by atoms with Crippen LogP contribution in [0.15, 0.2) is 42.5 Å². The summed E-state index contributed by atoms with van der Waals surface area (Å²) < 4.78 is 13.3. The maximum atomic E-state index is 12.8. The molecule has 1 aliphatic heterocycles. The van der Waals surface area contributed by atoms with Crippen molar-refractivity contribution in [3.05, 3.63) is 53.6 Å². The van der Waals surface area contributed by atoms with Gasteiger partial charge in [0.05, 0.1) is 36.1 Å². The standard InChI is InChI=1S/C25H27N3O3/c1-4-28-23-15-20(31-17(2)3)9-10-21(23)22(16-26)24(28)18-5-7-19(8-6-18)25(29)27-11-13-30-14-12-27/h5-10,15,17H,4,11-14H2,1-3H3. The minimum Gasteiger partial charge on any atom is -0.491 e. The molecule has 6 heteroatoms. The van der Waals surface area contributed by atoms with E-state index < -0.39 is 0 Å². The van der Waals surface area contributed by atoms with Crippen molar-refractivity contribution in [1.29, 1.82) is 5.26 Å². The number of nitriles is 1. The van der Waals surface area contributed by atoms with Crippen LogP contribution < -0.4 is 4.74 Å². The lowest BCUT2D eigenvalue weighted by molar-refractivity contribution is 0.0303. The summed E-state index contributed by atoms with van der Waals surface area (Å²) in [4.78, 5) is 14.6. The molecule has 1 amide bonds. The summed E-state index contributed by atoms with van der Waals surface area (Å²) in [6.07, 6.45) is 0.0777. The number of hydrogen-bond donors (Lipinski definition) is 0. The monoisotopic (exact) mass is 417 g/mol. The summed E-state index contributed by atoms with van der Waals surface area (Å²) in [5.74, 6) is 0.805. The van der Waals surface area contributed by atoms with Crippen LogP contribution in [0.3, 0.4) is 0 Å². The van der Waals surface area contributed by atoms with Crippen LogP contribution in [0, 0.1) is 11.3 Å². The van der Waals surface area contributed by atoms with E-state index in [0.29, 0.717) is 44.0 Å². The number of carbonyl (C=O) groups excluding carboxylic acids is 1. The quantitative estimate of drug-likeness (QED) is 0.615. The third-order valence-electron chi connectivity index (χ3n) is 5.54. The normalized spacial score (nSPS) is 14.1. The molecule has 0 N–H and O–H groups in total. The van der Waals surface area contributed by atoms with Crippen molar-refractivity contribution in [3.8, 4) is 23.1 Å². The molecule has 0 aliphatic carbocycles. The van der Waals surface area contributed by atoms with Gasteiger partial charge in [-0.2, -0.15) is 5.26 Å². The number of rotatable bonds is 5. The van der Waals surface area contributed by atoms with E-state index in [2.05, 4.69) is 17.6 Å². The average Bonchev–Trinajstić information content (AvgIpc) is 3.11. The van der Waals surface area contributed by atoms with Crippen LogP contribution in [0.5, 0.6) is 5.75 Å². The molecule has 4 rings (SSSR count). The van der Waals surface area contributed by atoms with Gasteiger partial charge in [0.15, 0.2) is 0 Å². The highest BCUT2D eigenvalue weighted by molar-refractivity contribution is 5.97. The molecular weight excluding hydrogens is 390 g/mol. The van der Waals surface area contributed by atoms with Crippen molar-refractivity contribution in [1.82, 2.24) is 9.47 Å². The van der Waals surface area contributed by atoms with Gasteiger partial charge in [0.2, 0.25) is 0 Å². The van der Waals surface area contributed by atoms with Crippen molar-refractivity contribution >= 4 is 16.8 Å². The second kappa shape index (κ2) is 8.83. The van der Waals surface area contributed by atoms with Gasteiger partial charge in [-0.1, -0.05) is 12.1 Å². The number of aromatic nitrogens is 1. The Kier molecular flexibility index (Phi) is 5.97. The zero-order valence-corrected chi connectivity index (χ0v) is 18.2. The smallest absolute Gasteiger partial charge is 0.254 e. The number of nitrogens with zero attached hydrogens (tertiary/aromatic N) is 3. The van der Waals surface area contributed by atoms with E-state index in [9.17, 15) is 10.1 Å². The Morgan fingerprint density at radius 2 is 1.87 bits per heavy atom. The van der Waals surface area contributed by atoms with Crippen LogP contribution in [-0.4, -0.2) is 47.8 Å². The van der Waals surface area contributed by atoms with Gasteiger partial charge in [-0.3, -0.25) is 4.79 Å². The van der Waals surface area contributed by atoms with Crippen LogP contribution >= 0.6 is 0 Å². The highest BCUT2D eigenvalue weighted by Gasteiger charge is 2.21. The topological polar surface area (TPSA) is 67.5 Å². The molecule has 0 atom stereocenters. The van der Waals surface area contributed by atoms with Crippen LogP contribution in [-0.2, 0) is 11.3 Å². The molecule has 0 radical (unpaired) electrons. The maximum Gasteiger partial charge on any atom is 0.254 e. The minimum absolute atomic E-state index is 0.0156. The van der Waals surface area contributed by atoms with Gasteiger partial charge in [0.25, 0.3) is 5.91 Å². The highest BCUT2D eigenvalue weighted by Crippen LogP contribution is 2.35. The first kappa shape index (κ1) is 21.0. The summed E-state index contributed by atoms with van der Waals surface area (Å²) in [5.41, 5.74) is 4.04. The number of benzene rings is 2. The van der Waals surface area contributed by atoms with E-state index in [0.717, 1.165) is 27.9 Å².